The minimum absolute atomic E-state index is 0.223. The minimum Gasteiger partial charge on any atom is -0.385 e. The molecular formula is C19H23N3O3. The molecule has 0 saturated carbocycles. The first-order chi connectivity index (χ1) is 12.1. The molecule has 0 aliphatic carbocycles. The lowest BCUT2D eigenvalue weighted by Gasteiger charge is -2.08. The zero-order valence-electron chi connectivity index (χ0n) is 14.5. The standard InChI is InChI=1S/C19H23N3O3/c1-14-5-3-6-15(11-14)13-22-18(23)16-7-9-20-17(12-16)19(24)21-8-4-10-25-2/h3,5-7,9,11-12H,4,8,10,13H2,1-2H3,(H,21,24)(H,22,23). The molecule has 0 aliphatic heterocycles. The van der Waals surface area contributed by atoms with Crippen molar-refractivity contribution in [1.29, 1.82) is 0 Å². The van der Waals surface area contributed by atoms with Gasteiger partial charge in [0, 0.05) is 38.6 Å². The van der Waals surface area contributed by atoms with Crippen LogP contribution in [0.3, 0.4) is 0 Å². The van der Waals surface area contributed by atoms with Crippen LogP contribution in [0.15, 0.2) is 42.6 Å². The summed E-state index contributed by atoms with van der Waals surface area (Å²) in [6.07, 6.45) is 2.19. The molecular weight excluding hydrogens is 318 g/mol. The Kier molecular flexibility index (Phi) is 7.10. The Bertz CT molecular complexity index is 731. The van der Waals surface area contributed by atoms with E-state index in [-0.39, 0.29) is 17.5 Å². The Morgan fingerprint density at radius 3 is 2.72 bits per heavy atom. The van der Waals surface area contributed by atoms with Crippen molar-refractivity contribution in [2.24, 2.45) is 0 Å². The maximum atomic E-state index is 12.3. The van der Waals surface area contributed by atoms with Crippen LogP contribution in [0.4, 0.5) is 0 Å². The molecule has 1 heterocycles. The van der Waals surface area contributed by atoms with Crippen LogP contribution in [0.2, 0.25) is 0 Å². The maximum absolute atomic E-state index is 12.3. The molecule has 0 bridgehead atoms. The molecule has 2 N–H and O–H groups in total. The van der Waals surface area contributed by atoms with Gasteiger partial charge < -0.3 is 15.4 Å². The van der Waals surface area contributed by atoms with Crippen molar-refractivity contribution in [2.75, 3.05) is 20.3 Å². The number of nitrogens with zero attached hydrogens (tertiary/aromatic N) is 1. The summed E-state index contributed by atoms with van der Waals surface area (Å²) in [6.45, 7) is 3.51. The number of methoxy groups -OCH3 is 1. The van der Waals surface area contributed by atoms with E-state index in [4.69, 9.17) is 4.74 Å². The maximum Gasteiger partial charge on any atom is 0.269 e. The Hall–Kier alpha value is -2.73. The van der Waals surface area contributed by atoms with Crippen LogP contribution in [-0.4, -0.2) is 37.1 Å². The summed E-state index contributed by atoms with van der Waals surface area (Å²) in [7, 11) is 1.61. The van der Waals surface area contributed by atoms with E-state index in [0.717, 1.165) is 17.5 Å². The van der Waals surface area contributed by atoms with Crippen molar-refractivity contribution < 1.29 is 14.3 Å². The highest BCUT2D eigenvalue weighted by Crippen LogP contribution is 2.06. The van der Waals surface area contributed by atoms with E-state index in [1.165, 1.54) is 12.3 Å². The van der Waals surface area contributed by atoms with Gasteiger partial charge >= 0.3 is 0 Å². The predicted octanol–water partition coefficient (Wildman–Crippen LogP) is 2.09. The van der Waals surface area contributed by atoms with Crippen molar-refractivity contribution >= 4 is 11.8 Å². The second-order valence-corrected chi connectivity index (χ2v) is 5.70. The molecule has 6 heteroatoms. The SMILES string of the molecule is COCCCNC(=O)c1cc(C(=O)NCc2cccc(C)c2)ccn1. The molecule has 1 aromatic heterocycles. The zero-order valence-corrected chi connectivity index (χ0v) is 14.5. The first-order valence-corrected chi connectivity index (χ1v) is 8.17. The van der Waals surface area contributed by atoms with Gasteiger partial charge in [-0.1, -0.05) is 29.8 Å². The number of pyridine rings is 1. The number of ether oxygens (including phenoxy) is 1. The molecule has 1 aromatic carbocycles. The van der Waals surface area contributed by atoms with E-state index in [1.807, 2.05) is 31.2 Å². The first-order valence-electron chi connectivity index (χ1n) is 8.17. The van der Waals surface area contributed by atoms with Crippen molar-refractivity contribution in [3.63, 3.8) is 0 Å². The summed E-state index contributed by atoms with van der Waals surface area (Å²) >= 11 is 0. The number of carbonyl (C=O) groups excluding carboxylic acids is 2. The fraction of sp³-hybridized carbons (Fsp3) is 0.316. The third kappa shape index (κ3) is 6.00. The van der Waals surface area contributed by atoms with E-state index in [2.05, 4.69) is 15.6 Å². The average Bonchev–Trinajstić information content (AvgIpc) is 2.63. The molecule has 0 atom stereocenters. The van der Waals surface area contributed by atoms with Crippen LogP contribution >= 0.6 is 0 Å². The van der Waals surface area contributed by atoms with Gasteiger partial charge in [-0.2, -0.15) is 0 Å². The van der Waals surface area contributed by atoms with Gasteiger partial charge in [0.1, 0.15) is 5.69 Å². The number of rotatable bonds is 8. The molecule has 2 amide bonds. The summed E-state index contributed by atoms with van der Waals surface area (Å²) in [5.41, 5.74) is 2.80. The summed E-state index contributed by atoms with van der Waals surface area (Å²) in [4.78, 5) is 28.4. The molecule has 132 valence electrons. The van der Waals surface area contributed by atoms with Crippen LogP contribution in [0.1, 0.15) is 38.4 Å². The average molecular weight is 341 g/mol. The fourth-order valence-electron chi connectivity index (χ4n) is 2.31. The number of hydrogen-bond donors (Lipinski definition) is 2. The Balaban J connectivity index is 1.93. The molecule has 2 aromatic rings. The molecule has 25 heavy (non-hydrogen) atoms. The number of carbonyl (C=O) groups is 2. The third-order valence-corrected chi connectivity index (χ3v) is 3.60. The van der Waals surface area contributed by atoms with Gasteiger partial charge in [0.2, 0.25) is 0 Å². The van der Waals surface area contributed by atoms with Crippen LogP contribution < -0.4 is 10.6 Å². The zero-order chi connectivity index (χ0) is 18.1. The van der Waals surface area contributed by atoms with Gasteiger partial charge in [0.25, 0.3) is 11.8 Å². The highest BCUT2D eigenvalue weighted by Gasteiger charge is 2.11. The lowest BCUT2D eigenvalue weighted by molar-refractivity contribution is 0.0943. The lowest BCUT2D eigenvalue weighted by Crippen LogP contribution is -2.27. The Morgan fingerprint density at radius 2 is 1.96 bits per heavy atom. The van der Waals surface area contributed by atoms with Gasteiger partial charge in [-0.3, -0.25) is 14.6 Å². The fourth-order valence-corrected chi connectivity index (χ4v) is 2.31. The highest BCUT2D eigenvalue weighted by atomic mass is 16.5. The largest absolute Gasteiger partial charge is 0.385 e. The lowest BCUT2D eigenvalue weighted by atomic mass is 10.1. The monoisotopic (exact) mass is 341 g/mol. The van der Waals surface area contributed by atoms with E-state index in [0.29, 0.717) is 25.3 Å². The smallest absolute Gasteiger partial charge is 0.269 e. The second-order valence-electron chi connectivity index (χ2n) is 5.70. The summed E-state index contributed by atoms with van der Waals surface area (Å²) in [5.74, 6) is -0.540. The predicted molar refractivity (Wildman–Crippen MR) is 95.4 cm³/mol. The third-order valence-electron chi connectivity index (χ3n) is 3.60. The van der Waals surface area contributed by atoms with Gasteiger partial charge in [0.15, 0.2) is 0 Å². The molecule has 0 radical (unpaired) electrons. The quantitative estimate of drug-likeness (QED) is 0.721. The minimum atomic E-state index is -0.301. The number of nitrogens with one attached hydrogen (secondary N) is 2. The van der Waals surface area contributed by atoms with E-state index >= 15 is 0 Å². The highest BCUT2D eigenvalue weighted by molar-refractivity contribution is 5.98. The molecule has 0 aliphatic rings. The van der Waals surface area contributed by atoms with Crippen LogP contribution in [0.5, 0.6) is 0 Å². The molecule has 2 rings (SSSR count). The van der Waals surface area contributed by atoms with Gasteiger partial charge in [0.05, 0.1) is 0 Å². The second kappa shape index (κ2) is 9.54. The van der Waals surface area contributed by atoms with E-state index < -0.39 is 0 Å². The van der Waals surface area contributed by atoms with Crippen molar-refractivity contribution in [3.8, 4) is 0 Å². The van der Waals surface area contributed by atoms with Gasteiger partial charge in [-0.25, -0.2) is 0 Å². The van der Waals surface area contributed by atoms with Crippen molar-refractivity contribution in [3.05, 3.63) is 65.0 Å². The summed E-state index contributed by atoms with van der Waals surface area (Å²) in [5, 5.41) is 5.60. The molecule has 0 saturated heterocycles. The van der Waals surface area contributed by atoms with Gasteiger partial charge in [-0.15, -0.1) is 0 Å². The van der Waals surface area contributed by atoms with Crippen LogP contribution in [0.25, 0.3) is 0 Å². The van der Waals surface area contributed by atoms with Crippen molar-refractivity contribution in [2.45, 2.75) is 19.9 Å². The topological polar surface area (TPSA) is 80.3 Å². The number of aromatic nitrogens is 1. The molecule has 0 spiro atoms. The van der Waals surface area contributed by atoms with Crippen LogP contribution in [-0.2, 0) is 11.3 Å². The van der Waals surface area contributed by atoms with E-state index in [9.17, 15) is 9.59 Å². The van der Waals surface area contributed by atoms with E-state index in [1.54, 1.807) is 13.2 Å². The molecule has 0 fully saturated rings. The Labute approximate surface area is 147 Å². The summed E-state index contributed by atoms with van der Waals surface area (Å²) < 4.78 is 4.93. The first kappa shape index (κ1) is 18.6. The normalized spacial score (nSPS) is 10.3. The van der Waals surface area contributed by atoms with Crippen LogP contribution in [0, 0.1) is 6.92 Å². The number of hydrogen-bond acceptors (Lipinski definition) is 4. The van der Waals surface area contributed by atoms with Gasteiger partial charge in [-0.05, 0) is 31.0 Å². The summed E-state index contributed by atoms with van der Waals surface area (Å²) in [6, 6.07) is 11.0. The number of aryl methyl sites for hydroxylation is 1. The molecule has 0 unspecified atom stereocenters. The Morgan fingerprint density at radius 1 is 1.12 bits per heavy atom. The molecule has 6 nitrogen and oxygen atoms in total. The number of amides is 2. The number of benzene rings is 1. The van der Waals surface area contributed by atoms with Crippen molar-refractivity contribution in [1.82, 2.24) is 15.6 Å².